The van der Waals surface area contributed by atoms with Gasteiger partial charge in [-0.3, -0.25) is 4.90 Å². The minimum absolute atomic E-state index is 0.0283. The lowest BCUT2D eigenvalue weighted by Gasteiger charge is -2.40. The molecule has 0 spiro atoms. The topological polar surface area (TPSA) is 35.9 Å². The van der Waals surface area contributed by atoms with Gasteiger partial charge in [-0.1, -0.05) is 24.6 Å². The summed E-state index contributed by atoms with van der Waals surface area (Å²) < 4.78 is 56.2. The van der Waals surface area contributed by atoms with Crippen molar-refractivity contribution in [3.63, 3.8) is 0 Å². The summed E-state index contributed by atoms with van der Waals surface area (Å²) in [5.41, 5.74) is 0.555. The van der Waals surface area contributed by atoms with Crippen molar-refractivity contribution in [1.29, 1.82) is 0 Å². The fraction of sp³-hybridized carbons (Fsp3) is 0.500. The molecule has 0 radical (unpaired) electrons. The van der Waals surface area contributed by atoms with Crippen LogP contribution in [0.1, 0.15) is 12.0 Å². The summed E-state index contributed by atoms with van der Waals surface area (Å²) in [5.74, 6) is -1.88. The van der Waals surface area contributed by atoms with Crippen molar-refractivity contribution >= 4 is 11.9 Å². The Kier molecular flexibility index (Phi) is 7.12. The zero-order valence-electron chi connectivity index (χ0n) is 13.5. The van der Waals surface area contributed by atoms with Crippen LogP contribution < -0.4 is 4.74 Å². The van der Waals surface area contributed by atoms with Gasteiger partial charge in [0.1, 0.15) is 0 Å². The van der Waals surface area contributed by atoms with Gasteiger partial charge >= 0.3 is 6.36 Å². The van der Waals surface area contributed by atoms with E-state index < -0.39 is 17.9 Å². The first-order valence-corrected chi connectivity index (χ1v) is 8.57. The van der Waals surface area contributed by atoms with E-state index in [1.165, 1.54) is 18.0 Å². The van der Waals surface area contributed by atoms with Gasteiger partial charge in [-0.15, -0.1) is 13.2 Å². The number of nitrogens with zero attached hydrogens (tertiary/aromatic N) is 2. The highest BCUT2D eigenvalue weighted by Gasteiger charge is 2.32. The Labute approximate surface area is 148 Å². The van der Waals surface area contributed by atoms with E-state index in [1.54, 1.807) is 5.41 Å². The molecular weight excluding hydrogens is 360 g/mol. The molecule has 2 rings (SSSR count). The Morgan fingerprint density at radius 1 is 1.36 bits per heavy atom. The average Bonchev–Trinajstić information content (AvgIpc) is 2.52. The molecule has 0 amide bonds. The number of piperazine rings is 1. The van der Waals surface area contributed by atoms with Crippen LogP contribution in [0.2, 0.25) is 0 Å². The van der Waals surface area contributed by atoms with E-state index in [0.717, 1.165) is 25.2 Å². The highest BCUT2D eigenvalue weighted by molar-refractivity contribution is 7.99. The summed E-state index contributed by atoms with van der Waals surface area (Å²) in [4.78, 5) is 2.09. The van der Waals surface area contributed by atoms with Crippen molar-refractivity contribution in [3.05, 3.63) is 41.6 Å². The van der Waals surface area contributed by atoms with E-state index in [4.69, 9.17) is 0 Å². The van der Waals surface area contributed by atoms with Gasteiger partial charge in [-0.05, 0) is 29.5 Å². The molecule has 1 aromatic rings. The third-order valence-corrected chi connectivity index (χ3v) is 4.64. The monoisotopic (exact) mass is 380 g/mol. The first kappa shape index (κ1) is 20.0. The quantitative estimate of drug-likeness (QED) is 0.580. The first-order valence-electron chi connectivity index (χ1n) is 7.74. The highest BCUT2D eigenvalue weighted by atomic mass is 32.2. The Morgan fingerprint density at radius 2 is 2.12 bits per heavy atom. The minimum atomic E-state index is -4.92. The van der Waals surface area contributed by atoms with E-state index in [0.29, 0.717) is 25.1 Å². The molecule has 0 bridgehead atoms. The van der Waals surface area contributed by atoms with Crippen molar-refractivity contribution in [2.45, 2.75) is 25.4 Å². The predicted octanol–water partition coefficient (Wildman–Crippen LogP) is 3.38. The Bertz CT molecular complexity index is 586. The zero-order chi connectivity index (χ0) is 18.4. The van der Waals surface area contributed by atoms with Crippen LogP contribution >= 0.6 is 11.9 Å². The molecule has 9 heteroatoms. The normalized spacial score (nSPS) is 19.8. The molecule has 0 aromatic heterocycles. The molecule has 0 saturated carbocycles. The van der Waals surface area contributed by atoms with Crippen LogP contribution in [0.4, 0.5) is 17.6 Å². The molecule has 1 unspecified atom stereocenters. The molecular formula is C16H20F4N2O2S. The molecule has 1 fully saturated rings. The molecule has 1 aromatic carbocycles. The van der Waals surface area contributed by atoms with Crippen LogP contribution in [0.15, 0.2) is 30.2 Å². The van der Waals surface area contributed by atoms with Gasteiger partial charge in [0.2, 0.25) is 0 Å². The SMILES string of the molecule is C=CSN1CCN(Cc2ccc(OC(F)(F)F)c(F)c2)C(CCO)C1. The summed E-state index contributed by atoms with van der Waals surface area (Å²) in [6, 6.07) is 3.54. The fourth-order valence-corrected chi connectivity index (χ4v) is 3.44. The van der Waals surface area contributed by atoms with E-state index in [9.17, 15) is 22.7 Å². The number of aliphatic hydroxyl groups is 1. The molecule has 140 valence electrons. The van der Waals surface area contributed by atoms with Gasteiger partial charge in [-0.25, -0.2) is 8.70 Å². The van der Waals surface area contributed by atoms with Gasteiger partial charge < -0.3 is 9.84 Å². The van der Waals surface area contributed by atoms with Crippen LogP contribution in [-0.2, 0) is 6.54 Å². The maximum atomic E-state index is 13.8. The lowest BCUT2D eigenvalue weighted by molar-refractivity contribution is -0.275. The van der Waals surface area contributed by atoms with E-state index in [-0.39, 0.29) is 12.6 Å². The molecule has 1 aliphatic rings. The highest BCUT2D eigenvalue weighted by Crippen LogP contribution is 2.27. The maximum absolute atomic E-state index is 13.8. The summed E-state index contributed by atoms with van der Waals surface area (Å²) in [6.45, 7) is 6.29. The van der Waals surface area contributed by atoms with E-state index in [1.807, 2.05) is 0 Å². The summed E-state index contributed by atoms with van der Waals surface area (Å²) in [6.07, 6.45) is -4.36. The lowest BCUT2D eigenvalue weighted by atomic mass is 10.1. The van der Waals surface area contributed by atoms with Crippen molar-refractivity contribution in [1.82, 2.24) is 9.21 Å². The molecule has 25 heavy (non-hydrogen) atoms. The maximum Gasteiger partial charge on any atom is 0.573 e. The summed E-state index contributed by atoms with van der Waals surface area (Å²) in [7, 11) is 0. The Hall–Kier alpha value is -1.29. The molecule has 1 aliphatic heterocycles. The predicted molar refractivity (Wildman–Crippen MR) is 88.3 cm³/mol. The molecule has 1 N–H and O–H groups in total. The fourth-order valence-electron chi connectivity index (χ4n) is 2.78. The number of ether oxygens (including phenoxy) is 1. The van der Waals surface area contributed by atoms with Crippen LogP contribution in [0.3, 0.4) is 0 Å². The molecule has 0 aliphatic carbocycles. The third-order valence-electron chi connectivity index (χ3n) is 3.86. The van der Waals surface area contributed by atoms with E-state index in [2.05, 4.69) is 20.5 Å². The van der Waals surface area contributed by atoms with Crippen LogP contribution in [-0.4, -0.2) is 53.0 Å². The molecule has 1 atom stereocenters. The number of hydrogen-bond donors (Lipinski definition) is 1. The third kappa shape index (κ3) is 6.18. The summed E-state index contributed by atoms with van der Waals surface area (Å²) in [5, 5.41) is 11.0. The smallest absolute Gasteiger partial charge is 0.403 e. The van der Waals surface area contributed by atoms with Crippen molar-refractivity contribution < 1.29 is 27.4 Å². The number of hydrogen-bond acceptors (Lipinski definition) is 5. The largest absolute Gasteiger partial charge is 0.573 e. The standard InChI is InChI=1S/C16H20F4N2O2S/c1-2-25-22-7-6-21(13(11-22)5-8-23)10-12-3-4-15(14(17)9-12)24-16(18,19)20/h2-4,9,13,23H,1,5-8,10-11H2. The lowest BCUT2D eigenvalue weighted by Crippen LogP contribution is -2.50. The van der Waals surface area contributed by atoms with E-state index >= 15 is 0 Å². The second kappa shape index (κ2) is 8.88. The first-order chi connectivity index (χ1) is 11.8. The van der Waals surface area contributed by atoms with Crippen molar-refractivity contribution in [2.75, 3.05) is 26.2 Å². The minimum Gasteiger partial charge on any atom is -0.403 e. The number of alkyl halides is 3. The summed E-state index contributed by atoms with van der Waals surface area (Å²) >= 11 is 1.51. The average molecular weight is 380 g/mol. The van der Waals surface area contributed by atoms with Crippen molar-refractivity contribution in [2.24, 2.45) is 0 Å². The molecule has 1 heterocycles. The molecule has 1 saturated heterocycles. The number of halogens is 4. The van der Waals surface area contributed by atoms with Gasteiger partial charge in [0.05, 0.1) is 0 Å². The second-order valence-electron chi connectivity index (χ2n) is 5.61. The zero-order valence-corrected chi connectivity index (χ0v) is 14.3. The van der Waals surface area contributed by atoms with Crippen LogP contribution in [0.25, 0.3) is 0 Å². The molecule has 4 nitrogen and oxygen atoms in total. The number of rotatable bonds is 7. The van der Waals surface area contributed by atoms with Crippen LogP contribution in [0, 0.1) is 5.82 Å². The Morgan fingerprint density at radius 3 is 2.72 bits per heavy atom. The second-order valence-corrected chi connectivity index (χ2v) is 6.67. The van der Waals surface area contributed by atoms with Gasteiger partial charge in [-0.2, -0.15) is 0 Å². The Balaban J connectivity index is 2.04. The van der Waals surface area contributed by atoms with Gasteiger partial charge in [0, 0.05) is 38.8 Å². The number of benzene rings is 1. The van der Waals surface area contributed by atoms with Crippen LogP contribution in [0.5, 0.6) is 5.75 Å². The van der Waals surface area contributed by atoms with Gasteiger partial charge in [0.25, 0.3) is 0 Å². The number of aliphatic hydroxyl groups excluding tert-OH is 1. The van der Waals surface area contributed by atoms with Crippen molar-refractivity contribution in [3.8, 4) is 5.75 Å². The van der Waals surface area contributed by atoms with Gasteiger partial charge in [0.15, 0.2) is 11.6 Å².